The van der Waals surface area contributed by atoms with E-state index in [1.54, 1.807) is 0 Å². The average molecular weight is 331 g/mol. The van der Waals surface area contributed by atoms with Crippen LogP contribution < -0.4 is 10.5 Å². The number of primary amides is 1. The Kier molecular flexibility index (Phi) is 5.07. The number of pyridine rings is 1. The molecule has 0 bridgehead atoms. The maximum absolute atomic E-state index is 12.3. The summed E-state index contributed by atoms with van der Waals surface area (Å²) < 4.78 is 40.6. The van der Waals surface area contributed by atoms with E-state index in [1.165, 1.54) is 17.0 Å². The summed E-state index contributed by atoms with van der Waals surface area (Å²) in [5.41, 5.74) is 5.48. The number of aromatic nitrogens is 1. The number of hydrogen-bond acceptors (Lipinski definition) is 4. The minimum atomic E-state index is -4.45. The van der Waals surface area contributed by atoms with Gasteiger partial charge in [-0.15, -0.1) is 0 Å². The number of likely N-dealkylation sites (tertiary alicyclic amines) is 1. The molecule has 1 fully saturated rings. The summed E-state index contributed by atoms with van der Waals surface area (Å²) in [5.74, 6) is -1.38. The van der Waals surface area contributed by atoms with Gasteiger partial charge in [0.15, 0.2) is 6.61 Å². The van der Waals surface area contributed by atoms with Crippen molar-refractivity contribution in [1.82, 2.24) is 9.88 Å². The molecule has 2 amide bonds. The molecule has 1 aliphatic heterocycles. The SMILES string of the molecule is NC(=O)[C@H]1CCCN(C(=O)c2ccc(OCC(F)(F)F)nc2)C1. The first-order valence-electron chi connectivity index (χ1n) is 7.00. The van der Waals surface area contributed by atoms with Gasteiger partial charge in [0.25, 0.3) is 5.91 Å². The van der Waals surface area contributed by atoms with Crippen molar-refractivity contribution in [3.05, 3.63) is 23.9 Å². The van der Waals surface area contributed by atoms with E-state index >= 15 is 0 Å². The van der Waals surface area contributed by atoms with E-state index in [0.29, 0.717) is 19.4 Å². The summed E-state index contributed by atoms with van der Waals surface area (Å²) in [6.07, 6.45) is -1.99. The van der Waals surface area contributed by atoms with Crippen molar-refractivity contribution in [2.24, 2.45) is 11.7 Å². The summed E-state index contributed by atoms with van der Waals surface area (Å²) in [6, 6.07) is 2.55. The summed E-state index contributed by atoms with van der Waals surface area (Å²) in [4.78, 5) is 28.7. The monoisotopic (exact) mass is 331 g/mol. The van der Waals surface area contributed by atoms with E-state index in [1.807, 2.05) is 0 Å². The molecule has 0 unspecified atom stereocenters. The highest BCUT2D eigenvalue weighted by molar-refractivity contribution is 5.94. The third-order valence-corrected chi connectivity index (χ3v) is 3.48. The average Bonchev–Trinajstić information content (AvgIpc) is 2.52. The number of ether oxygens (including phenoxy) is 1. The molecule has 1 aromatic rings. The largest absolute Gasteiger partial charge is 0.468 e. The lowest BCUT2D eigenvalue weighted by molar-refractivity contribution is -0.154. The van der Waals surface area contributed by atoms with Gasteiger partial charge < -0.3 is 15.4 Å². The van der Waals surface area contributed by atoms with E-state index in [9.17, 15) is 22.8 Å². The normalized spacial score (nSPS) is 18.6. The van der Waals surface area contributed by atoms with Crippen LogP contribution in [0.2, 0.25) is 0 Å². The molecular formula is C14H16F3N3O3. The number of rotatable bonds is 4. The van der Waals surface area contributed by atoms with Gasteiger partial charge in [-0.05, 0) is 18.9 Å². The van der Waals surface area contributed by atoms with E-state index in [-0.39, 0.29) is 29.8 Å². The second-order valence-electron chi connectivity index (χ2n) is 5.28. The fourth-order valence-electron chi connectivity index (χ4n) is 2.32. The van der Waals surface area contributed by atoms with Crippen LogP contribution in [0, 0.1) is 5.92 Å². The molecular weight excluding hydrogens is 315 g/mol. The first-order chi connectivity index (χ1) is 10.8. The van der Waals surface area contributed by atoms with Crippen molar-refractivity contribution in [1.29, 1.82) is 0 Å². The number of amides is 2. The van der Waals surface area contributed by atoms with E-state index < -0.39 is 18.7 Å². The topological polar surface area (TPSA) is 85.5 Å². The zero-order valence-electron chi connectivity index (χ0n) is 12.2. The van der Waals surface area contributed by atoms with Gasteiger partial charge >= 0.3 is 6.18 Å². The Morgan fingerprint density at radius 2 is 2.13 bits per heavy atom. The first kappa shape index (κ1) is 17.0. The van der Waals surface area contributed by atoms with Crippen molar-refractivity contribution in [2.45, 2.75) is 19.0 Å². The molecule has 1 saturated heterocycles. The Morgan fingerprint density at radius 3 is 2.70 bits per heavy atom. The number of nitrogens with zero attached hydrogens (tertiary/aromatic N) is 2. The fraction of sp³-hybridized carbons (Fsp3) is 0.500. The number of nitrogens with two attached hydrogens (primary N) is 1. The summed E-state index contributed by atoms with van der Waals surface area (Å²) in [5, 5.41) is 0. The van der Waals surface area contributed by atoms with Crippen LogP contribution in [0.5, 0.6) is 5.88 Å². The summed E-state index contributed by atoms with van der Waals surface area (Å²) >= 11 is 0. The van der Waals surface area contributed by atoms with Crippen molar-refractivity contribution in [3.63, 3.8) is 0 Å². The Bertz CT molecular complexity index is 575. The number of alkyl halides is 3. The maximum Gasteiger partial charge on any atom is 0.422 e. The van der Waals surface area contributed by atoms with E-state index in [4.69, 9.17) is 5.73 Å². The molecule has 9 heteroatoms. The molecule has 0 radical (unpaired) electrons. The number of piperidine rings is 1. The molecule has 0 aliphatic carbocycles. The van der Waals surface area contributed by atoms with Crippen LogP contribution in [-0.4, -0.2) is 47.6 Å². The van der Waals surface area contributed by atoms with E-state index in [0.717, 1.165) is 6.20 Å². The first-order valence-corrected chi connectivity index (χ1v) is 7.00. The van der Waals surface area contributed by atoms with Crippen molar-refractivity contribution in [3.8, 4) is 5.88 Å². The van der Waals surface area contributed by atoms with Crippen LogP contribution in [-0.2, 0) is 4.79 Å². The predicted octanol–water partition coefficient (Wildman–Crippen LogP) is 1.36. The smallest absolute Gasteiger partial charge is 0.422 e. The number of hydrogen-bond donors (Lipinski definition) is 1. The number of carbonyl (C=O) groups excluding carboxylic acids is 2. The molecule has 2 rings (SSSR count). The third kappa shape index (κ3) is 4.83. The van der Waals surface area contributed by atoms with Crippen LogP contribution >= 0.6 is 0 Å². The lowest BCUT2D eigenvalue weighted by Crippen LogP contribution is -2.44. The van der Waals surface area contributed by atoms with Crippen LogP contribution in [0.1, 0.15) is 23.2 Å². The standard InChI is InChI=1S/C14H16F3N3O3/c15-14(16,17)8-23-11-4-3-9(6-19-11)13(22)20-5-1-2-10(7-20)12(18)21/h3-4,6,10H,1-2,5,7-8H2,(H2,18,21)/t10-/m0/s1. The maximum atomic E-state index is 12.3. The molecule has 23 heavy (non-hydrogen) atoms. The Labute approximate surface area is 130 Å². The number of halogens is 3. The zero-order chi connectivity index (χ0) is 17.0. The van der Waals surface area contributed by atoms with Crippen molar-refractivity contribution >= 4 is 11.8 Å². The molecule has 2 heterocycles. The quantitative estimate of drug-likeness (QED) is 0.903. The lowest BCUT2D eigenvalue weighted by Gasteiger charge is -2.31. The highest BCUT2D eigenvalue weighted by Gasteiger charge is 2.29. The Morgan fingerprint density at radius 1 is 1.39 bits per heavy atom. The minimum absolute atomic E-state index is 0.215. The van der Waals surface area contributed by atoms with Gasteiger partial charge in [-0.3, -0.25) is 9.59 Å². The Balaban J connectivity index is 1.98. The van der Waals surface area contributed by atoms with Gasteiger partial charge in [-0.2, -0.15) is 13.2 Å². The van der Waals surface area contributed by atoms with Gasteiger partial charge in [-0.1, -0.05) is 0 Å². The highest BCUT2D eigenvalue weighted by atomic mass is 19.4. The summed E-state index contributed by atoms with van der Waals surface area (Å²) in [7, 11) is 0. The molecule has 0 saturated carbocycles. The molecule has 1 aromatic heterocycles. The highest BCUT2D eigenvalue weighted by Crippen LogP contribution is 2.20. The molecule has 6 nitrogen and oxygen atoms in total. The van der Waals surface area contributed by atoms with Crippen LogP contribution in [0.15, 0.2) is 18.3 Å². The van der Waals surface area contributed by atoms with Crippen molar-refractivity contribution < 1.29 is 27.5 Å². The molecule has 126 valence electrons. The lowest BCUT2D eigenvalue weighted by atomic mass is 9.97. The van der Waals surface area contributed by atoms with E-state index in [2.05, 4.69) is 9.72 Å². The molecule has 0 aromatic carbocycles. The predicted molar refractivity (Wildman–Crippen MR) is 73.6 cm³/mol. The second kappa shape index (κ2) is 6.84. The van der Waals surface area contributed by atoms with Crippen LogP contribution in [0.25, 0.3) is 0 Å². The third-order valence-electron chi connectivity index (χ3n) is 3.48. The van der Waals surface area contributed by atoms with Gasteiger partial charge in [0.1, 0.15) is 0 Å². The zero-order valence-corrected chi connectivity index (χ0v) is 12.2. The fourth-order valence-corrected chi connectivity index (χ4v) is 2.32. The Hall–Kier alpha value is -2.32. The number of carbonyl (C=O) groups is 2. The molecule has 1 atom stereocenters. The van der Waals surface area contributed by atoms with Crippen LogP contribution in [0.4, 0.5) is 13.2 Å². The van der Waals surface area contributed by atoms with Gasteiger partial charge in [-0.25, -0.2) is 4.98 Å². The molecule has 2 N–H and O–H groups in total. The van der Waals surface area contributed by atoms with Gasteiger partial charge in [0.2, 0.25) is 11.8 Å². The second-order valence-corrected chi connectivity index (χ2v) is 5.28. The van der Waals surface area contributed by atoms with Gasteiger partial charge in [0, 0.05) is 25.4 Å². The van der Waals surface area contributed by atoms with Gasteiger partial charge in [0.05, 0.1) is 11.5 Å². The minimum Gasteiger partial charge on any atom is -0.468 e. The molecule has 1 aliphatic rings. The van der Waals surface area contributed by atoms with Crippen LogP contribution in [0.3, 0.4) is 0 Å². The van der Waals surface area contributed by atoms with Crippen molar-refractivity contribution in [2.75, 3.05) is 19.7 Å². The molecule has 0 spiro atoms. The summed E-state index contributed by atoms with van der Waals surface area (Å²) in [6.45, 7) is -0.713.